The van der Waals surface area contributed by atoms with Gasteiger partial charge in [-0.25, -0.2) is 8.42 Å². The number of sulfonamides is 1. The van der Waals surface area contributed by atoms with Gasteiger partial charge in [0.15, 0.2) is 0 Å². The number of hydrogen-bond donors (Lipinski definition) is 0. The summed E-state index contributed by atoms with van der Waals surface area (Å²) in [6, 6.07) is 6.08. The fraction of sp³-hybridized carbons (Fsp3) is 0.667. The van der Waals surface area contributed by atoms with Crippen molar-refractivity contribution < 1.29 is 8.42 Å². The second kappa shape index (κ2) is 5.64. The minimum atomic E-state index is -3.32. The van der Waals surface area contributed by atoms with Crippen molar-refractivity contribution in [1.82, 2.24) is 4.31 Å². The maximum atomic E-state index is 13.2. The Balaban J connectivity index is 1.67. The first kappa shape index (κ1) is 14.7. The van der Waals surface area contributed by atoms with Crippen LogP contribution in [-0.2, 0) is 22.9 Å². The first-order valence-electron chi connectivity index (χ1n) is 8.80. The zero-order chi connectivity index (χ0) is 15.2. The second-order valence-corrected chi connectivity index (χ2v) is 9.04. The Hall–Kier alpha value is -0.870. The molecule has 1 heterocycles. The number of hydrogen-bond acceptors (Lipinski definition) is 2. The Bertz CT molecular complexity index is 666. The lowest BCUT2D eigenvalue weighted by Gasteiger charge is -2.43. The van der Waals surface area contributed by atoms with Gasteiger partial charge in [0.1, 0.15) is 0 Å². The monoisotopic (exact) mass is 319 g/mol. The average molecular weight is 319 g/mol. The summed E-state index contributed by atoms with van der Waals surface area (Å²) in [5.41, 5.74) is 2.59. The van der Waals surface area contributed by atoms with Crippen molar-refractivity contribution >= 4 is 10.0 Å². The molecule has 0 N–H and O–H groups in total. The number of piperidine rings is 1. The van der Waals surface area contributed by atoms with Gasteiger partial charge >= 0.3 is 0 Å². The largest absolute Gasteiger partial charge is 0.243 e. The topological polar surface area (TPSA) is 37.4 Å². The normalized spacial score (nSPS) is 29.1. The minimum absolute atomic E-state index is 0.251. The van der Waals surface area contributed by atoms with Gasteiger partial charge in [0.25, 0.3) is 0 Å². The summed E-state index contributed by atoms with van der Waals surface area (Å²) in [5, 5.41) is 0. The molecule has 0 amide bonds. The molecule has 0 unspecified atom stereocenters. The van der Waals surface area contributed by atoms with Gasteiger partial charge in [0.05, 0.1) is 4.90 Å². The van der Waals surface area contributed by atoms with Crippen LogP contribution in [0.3, 0.4) is 0 Å². The van der Waals surface area contributed by atoms with E-state index in [2.05, 4.69) is 0 Å². The molecule has 1 aromatic carbocycles. The molecule has 1 aromatic rings. The zero-order valence-corrected chi connectivity index (χ0v) is 13.9. The molecule has 3 aliphatic rings. The molecule has 0 spiro atoms. The van der Waals surface area contributed by atoms with Crippen molar-refractivity contribution in [1.29, 1.82) is 0 Å². The minimum Gasteiger partial charge on any atom is -0.207 e. The lowest BCUT2D eigenvalue weighted by atomic mass is 9.79. The Morgan fingerprint density at radius 1 is 0.909 bits per heavy atom. The average Bonchev–Trinajstić information content (AvgIpc) is 3.02. The van der Waals surface area contributed by atoms with E-state index in [1.807, 2.05) is 22.5 Å². The number of rotatable bonds is 2. The third kappa shape index (κ3) is 2.41. The SMILES string of the molecule is O=S(=O)(c1ccc2c(c1)CCC2)N1CCC[C@H]2CCCC[C@@H]21. The summed E-state index contributed by atoms with van der Waals surface area (Å²) in [6.07, 6.45) is 10.2. The summed E-state index contributed by atoms with van der Waals surface area (Å²) >= 11 is 0. The fourth-order valence-corrected chi connectivity index (χ4v) is 6.53. The fourth-order valence-electron chi connectivity index (χ4n) is 4.72. The maximum absolute atomic E-state index is 13.2. The Kier molecular flexibility index (Phi) is 3.77. The molecule has 4 heteroatoms. The summed E-state index contributed by atoms with van der Waals surface area (Å²) in [4.78, 5) is 0.527. The van der Waals surface area contributed by atoms with Gasteiger partial charge in [-0.05, 0) is 74.1 Å². The van der Waals surface area contributed by atoms with Gasteiger partial charge in [-0.3, -0.25) is 0 Å². The number of benzene rings is 1. The van der Waals surface area contributed by atoms with E-state index in [-0.39, 0.29) is 6.04 Å². The smallest absolute Gasteiger partial charge is 0.207 e. The van der Waals surface area contributed by atoms with E-state index in [1.165, 1.54) is 36.8 Å². The molecule has 0 radical (unpaired) electrons. The second-order valence-electron chi connectivity index (χ2n) is 7.15. The lowest BCUT2D eigenvalue weighted by molar-refractivity contribution is 0.129. The molecule has 4 rings (SSSR count). The molecule has 2 fully saturated rings. The van der Waals surface area contributed by atoms with Crippen LogP contribution in [0.4, 0.5) is 0 Å². The van der Waals surface area contributed by atoms with Crippen LogP contribution in [0.2, 0.25) is 0 Å². The molecule has 0 aromatic heterocycles. The third-order valence-electron chi connectivity index (χ3n) is 5.87. The van der Waals surface area contributed by atoms with Crippen LogP contribution in [0, 0.1) is 5.92 Å². The standard InChI is InChI=1S/C18H25NO2S/c20-22(21,17-11-10-14-6-3-7-16(14)13-17)19-12-4-8-15-5-1-2-9-18(15)19/h10-11,13,15,18H,1-9,12H2/t15-,18+/m1/s1. The molecule has 120 valence electrons. The highest BCUT2D eigenvalue weighted by atomic mass is 32.2. The zero-order valence-electron chi connectivity index (χ0n) is 13.1. The highest BCUT2D eigenvalue weighted by molar-refractivity contribution is 7.89. The predicted molar refractivity (Wildman–Crippen MR) is 87.3 cm³/mol. The molecule has 2 aliphatic carbocycles. The Morgan fingerprint density at radius 3 is 2.59 bits per heavy atom. The molecule has 1 aliphatic heterocycles. The first-order chi connectivity index (χ1) is 10.7. The van der Waals surface area contributed by atoms with Gasteiger partial charge < -0.3 is 0 Å². The van der Waals surface area contributed by atoms with E-state index >= 15 is 0 Å². The Labute approximate surface area is 133 Å². The van der Waals surface area contributed by atoms with E-state index < -0.39 is 10.0 Å². The van der Waals surface area contributed by atoms with Crippen molar-refractivity contribution in [2.75, 3.05) is 6.54 Å². The van der Waals surface area contributed by atoms with Crippen molar-refractivity contribution in [3.8, 4) is 0 Å². The van der Waals surface area contributed by atoms with Crippen molar-refractivity contribution in [3.05, 3.63) is 29.3 Å². The van der Waals surface area contributed by atoms with Gasteiger partial charge in [0, 0.05) is 12.6 Å². The number of fused-ring (bicyclic) bond motifs is 2. The highest BCUT2D eigenvalue weighted by Crippen LogP contribution is 2.38. The van der Waals surface area contributed by atoms with Crippen LogP contribution >= 0.6 is 0 Å². The molecule has 1 saturated carbocycles. The van der Waals surface area contributed by atoms with Crippen molar-refractivity contribution in [2.45, 2.75) is 68.7 Å². The third-order valence-corrected chi connectivity index (χ3v) is 7.79. The van der Waals surface area contributed by atoms with Crippen LogP contribution in [0.1, 0.15) is 56.1 Å². The molecule has 3 nitrogen and oxygen atoms in total. The summed E-state index contributed by atoms with van der Waals surface area (Å²) in [6.45, 7) is 0.709. The van der Waals surface area contributed by atoms with Gasteiger partial charge in [0.2, 0.25) is 10.0 Å². The quantitative estimate of drug-likeness (QED) is 0.836. The predicted octanol–water partition coefficient (Wildman–Crippen LogP) is 3.52. The first-order valence-corrected chi connectivity index (χ1v) is 10.2. The molecule has 2 atom stereocenters. The number of aryl methyl sites for hydroxylation is 2. The van der Waals surface area contributed by atoms with Gasteiger partial charge in [-0.2, -0.15) is 4.31 Å². The van der Waals surface area contributed by atoms with Gasteiger partial charge in [-0.15, -0.1) is 0 Å². The molecule has 0 bridgehead atoms. The molecule has 1 saturated heterocycles. The maximum Gasteiger partial charge on any atom is 0.243 e. The highest BCUT2D eigenvalue weighted by Gasteiger charge is 2.40. The van der Waals surface area contributed by atoms with E-state index in [0.29, 0.717) is 17.4 Å². The number of nitrogens with zero attached hydrogens (tertiary/aromatic N) is 1. The molecular weight excluding hydrogens is 294 g/mol. The Morgan fingerprint density at radius 2 is 1.68 bits per heavy atom. The summed E-state index contributed by atoms with van der Waals surface area (Å²) in [7, 11) is -3.32. The van der Waals surface area contributed by atoms with Gasteiger partial charge in [-0.1, -0.05) is 18.9 Å². The van der Waals surface area contributed by atoms with Crippen molar-refractivity contribution in [2.24, 2.45) is 5.92 Å². The van der Waals surface area contributed by atoms with Crippen LogP contribution < -0.4 is 0 Å². The van der Waals surface area contributed by atoms with E-state index in [0.717, 1.165) is 32.1 Å². The van der Waals surface area contributed by atoms with E-state index in [4.69, 9.17) is 0 Å². The lowest BCUT2D eigenvalue weighted by Crippen LogP contribution is -2.49. The molecule has 22 heavy (non-hydrogen) atoms. The van der Waals surface area contributed by atoms with E-state index in [9.17, 15) is 8.42 Å². The molecular formula is C18H25NO2S. The summed E-state index contributed by atoms with van der Waals surface area (Å²) in [5.74, 6) is 0.590. The van der Waals surface area contributed by atoms with Crippen LogP contribution in [0.5, 0.6) is 0 Å². The van der Waals surface area contributed by atoms with Crippen LogP contribution in [0.15, 0.2) is 23.1 Å². The van der Waals surface area contributed by atoms with Crippen LogP contribution in [-0.4, -0.2) is 25.3 Å². The van der Waals surface area contributed by atoms with Crippen molar-refractivity contribution in [3.63, 3.8) is 0 Å². The summed E-state index contributed by atoms with van der Waals surface area (Å²) < 4.78 is 28.2. The van der Waals surface area contributed by atoms with E-state index in [1.54, 1.807) is 0 Å². The van der Waals surface area contributed by atoms with Crippen LogP contribution in [0.25, 0.3) is 0 Å².